The fourth-order valence-corrected chi connectivity index (χ4v) is 3.74. The van der Waals surface area contributed by atoms with E-state index < -0.39 is 5.92 Å². The summed E-state index contributed by atoms with van der Waals surface area (Å²) in [5.74, 6) is 0.277. The summed E-state index contributed by atoms with van der Waals surface area (Å²) in [5, 5.41) is 0. The van der Waals surface area contributed by atoms with Gasteiger partial charge in [0, 0.05) is 5.56 Å². The molecule has 24 heavy (non-hydrogen) atoms. The molecule has 4 atom stereocenters. The van der Waals surface area contributed by atoms with Crippen LogP contribution in [0.4, 0.5) is 0 Å². The largest absolute Gasteiger partial charge is 0.462 e. The van der Waals surface area contributed by atoms with Gasteiger partial charge in [0.1, 0.15) is 12.0 Å². The highest BCUT2D eigenvalue weighted by Gasteiger charge is 2.36. The molecule has 0 N–H and O–H groups in total. The lowest BCUT2D eigenvalue weighted by molar-refractivity contribution is -0.159. The molecule has 3 nitrogen and oxygen atoms in total. The summed E-state index contributed by atoms with van der Waals surface area (Å²) in [6, 6.07) is 9.04. The topological polar surface area (TPSA) is 43.4 Å². The molecule has 1 aromatic rings. The molecule has 1 saturated carbocycles. The van der Waals surface area contributed by atoms with Crippen molar-refractivity contribution in [3.05, 3.63) is 35.9 Å². The van der Waals surface area contributed by atoms with E-state index in [0.717, 1.165) is 12.8 Å². The summed E-state index contributed by atoms with van der Waals surface area (Å²) < 4.78 is 5.87. The summed E-state index contributed by atoms with van der Waals surface area (Å²) in [6.45, 7) is 8.46. The molecule has 1 aliphatic rings. The van der Waals surface area contributed by atoms with Crippen LogP contribution in [-0.4, -0.2) is 17.9 Å². The molecular weight excluding hydrogens is 300 g/mol. The lowest BCUT2D eigenvalue weighted by Crippen LogP contribution is -2.38. The number of hydrogen-bond donors (Lipinski definition) is 0. The van der Waals surface area contributed by atoms with Gasteiger partial charge in [-0.1, -0.05) is 64.4 Å². The maximum Gasteiger partial charge on any atom is 0.317 e. The van der Waals surface area contributed by atoms with E-state index >= 15 is 0 Å². The van der Waals surface area contributed by atoms with Crippen molar-refractivity contribution in [1.29, 1.82) is 0 Å². The Balaban J connectivity index is 2.09. The standard InChI is InChI=1S/C21H30O3/c1-5-17(20(22)16-9-7-6-8-10-16)21(23)24-19-13-15(4)11-12-18(19)14(2)3/h6-10,14-15,17-19H,5,11-13H2,1-4H3/t15-,17-,18-,19-/m1/s1. The second-order valence-electron chi connectivity index (χ2n) is 7.49. The van der Waals surface area contributed by atoms with Gasteiger partial charge in [-0.25, -0.2) is 0 Å². The van der Waals surface area contributed by atoms with Crippen LogP contribution in [0.2, 0.25) is 0 Å². The van der Waals surface area contributed by atoms with Crippen LogP contribution < -0.4 is 0 Å². The first-order valence-corrected chi connectivity index (χ1v) is 9.23. The van der Waals surface area contributed by atoms with E-state index in [1.807, 2.05) is 25.1 Å². The Kier molecular flexibility index (Phi) is 6.59. The Morgan fingerprint density at radius 1 is 1.17 bits per heavy atom. The minimum Gasteiger partial charge on any atom is -0.462 e. The summed E-state index contributed by atoms with van der Waals surface area (Å²) in [4.78, 5) is 25.3. The van der Waals surface area contributed by atoms with Gasteiger partial charge in [0.25, 0.3) is 0 Å². The maximum atomic E-state index is 12.7. The van der Waals surface area contributed by atoms with Crippen molar-refractivity contribution in [3.8, 4) is 0 Å². The van der Waals surface area contributed by atoms with E-state index in [0.29, 0.717) is 29.7 Å². The van der Waals surface area contributed by atoms with Gasteiger partial charge in [0.15, 0.2) is 5.78 Å². The monoisotopic (exact) mass is 330 g/mol. The van der Waals surface area contributed by atoms with Gasteiger partial charge in [-0.3, -0.25) is 9.59 Å². The number of Topliss-reactive ketones (excluding diaryl/α,β-unsaturated/α-hetero) is 1. The van der Waals surface area contributed by atoms with Crippen molar-refractivity contribution in [2.24, 2.45) is 23.7 Å². The van der Waals surface area contributed by atoms with E-state index in [4.69, 9.17) is 4.74 Å². The number of esters is 1. The lowest BCUT2D eigenvalue weighted by atomic mass is 9.75. The summed E-state index contributed by atoms with van der Waals surface area (Å²) in [7, 11) is 0. The Morgan fingerprint density at radius 3 is 2.42 bits per heavy atom. The van der Waals surface area contributed by atoms with Gasteiger partial charge in [-0.05, 0) is 37.0 Å². The Bertz CT molecular complexity index is 549. The highest BCUT2D eigenvalue weighted by molar-refractivity contribution is 6.08. The molecule has 1 aromatic carbocycles. The molecule has 2 rings (SSSR count). The lowest BCUT2D eigenvalue weighted by Gasteiger charge is -2.37. The molecule has 0 amide bonds. The fraction of sp³-hybridized carbons (Fsp3) is 0.619. The number of benzene rings is 1. The van der Waals surface area contributed by atoms with Crippen LogP contribution in [0.1, 0.15) is 63.7 Å². The van der Waals surface area contributed by atoms with Crippen LogP contribution in [0.15, 0.2) is 30.3 Å². The Morgan fingerprint density at radius 2 is 1.83 bits per heavy atom. The minimum atomic E-state index is -0.697. The molecule has 0 spiro atoms. The SMILES string of the molecule is CC[C@@H](C(=O)O[C@@H]1C[C@H](C)CC[C@@H]1C(C)C)C(=O)c1ccccc1. The molecule has 0 unspecified atom stereocenters. The quantitative estimate of drug-likeness (QED) is 0.423. The summed E-state index contributed by atoms with van der Waals surface area (Å²) in [5.41, 5.74) is 0.582. The van der Waals surface area contributed by atoms with E-state index in [1.54, 1.807) is 12.1 Å². The van der Waals surface area contributed by atoms with Crippen molar-refractivity contribution in [2.75, 3.05) is 0 Å². The van der Waals surface area contributed by atoms with Gasteiger partial charge in [-0.15, -0.1) is 0 Å². The van der Waals surface area contributed by atoms with Crippen LogP contribution in [-0.2, 0) is 9.53 Å². The van der Waals surface area contributed by atoms with Crippen molar-refractivity contribution >= 4 is 11.8 Å². The third-order valence-electron chi connectivity index (χ3n) is 5.30. The third kappa shape index (κ3) is 4.46. The molecule has 0 aliphatic heterocycles. The van der Waals surface area contributed by atoms with Gasteiger partial charge < -0.3 is 4.74 Å². The van der Waals surface area contributed by atoms with Crippen LogP contribution >= 0.6 is 0 Å². The highest BCUT2D eigenvalue weighted by Crippen LogP contribution is 2.36. The predicted molar refractivity (Wildman–Crippen MR) is 95.8 cm³/mol. The number of ether oxygens (including phenoxy) is 1. The number of hydrogen-bond acceptors (Lipinski definition) is 3. The van der Waals surface area contributed by atoms with Crippen molar-refractivity contribution < 1.29 is 14.3 Å². The van der Waals surface area contributed by atoms with Gasteiger partial charge in [0.05, 0.1) is 0 Å². The average Bonchev–Trinajstić information content (AvgIpc) is 2.56. The fourth-order valence-electron chi connectivity index (χ4n) is 3.74. The molecule has 0 saturated heterocycles. The second kappa shape index (κ2) is 8.46. The first kappa shape index (κ1) is 18.7. The first-order valence-electron chi connectivity index (χ1n) is 9.23. The van der Waals surface area contributed by atoms with Crippen molar-refractivity contribution in [1.82, 2.24) is 0 Å². The highest BCUT2D eigenvalue weighted by atomic mass is 16.5. The van der Waals surface area contributed by atoms with E-state index in [-0.39, 0.29) is 17.9 Å². The van der Waals surface area contributed by atoms with Crippen LogP contribution in [0.3, 0.4) is 0 Å². The van der Waals surface area contributed by atoms with Gasteiger partial charge >= 0.3 is 5.97 Å². The molecular formula is C21H30O3. The number of carbonyl (C=O) groups is 2. The zero-order chi connectivity index (χ0) is 17.7. The number of ketones is 1. The van der Waals surface area contributed by atoms with E-state index in [2.05, 4.69) is 20.8 Å². The smallest absolute Gasteiger partial charge is 0.317 e. The van der Waals surface area contributed by atoms with E-state index in [1.165, 1.54) is 6.42 Å². The van der Waals surface area contributed by atoms with Crippen LogP contribution in [0.5, 0.6) is 0 Å². The molecule has 0 aromatic heterocycles. The van der Waals surface area contributed by atoms with Gasteiger partial charge in [0.2, 0.25) is 0 Å². The molecule has 1 aliphatic carbocycles. The Labute approximate surface area is 145 Å². The molecule has 0 bridgehead atoms. The molecule has 1 fully saturated rings. The first-order chi connectivity index (χ1) is 11.4. The van der Waals surface area contributed by atoms with Crippen LogP contribution in [0, 0.1) is 23.7 Å². The van der Waals surface area contributed by atoms with Crippen molar-refractivity contribution in [3.63, 3.8) is 0 Å². The average molecular weight is 330 g/mol. The molecule has 132 valence electrons. The predicted octanol–water partition coefficient (Wildman–Crippen LogP) is 4.90. The van der Waals surface area contributed by atoms with Gasteiger partial charge in [-0.2, -0.15) is 0 Å². The molecule has 0 heterocycles. The van der Waals surface area contributed by atoms with Crippen molar-refractivity contribution in [2.45, 2.75) is 59.5 Å². The zero-order valence-electron chi connectivity index (χ0n) is 15.3. The third-order valence-corrected chi connectivity index (χ3v) is 5.30. The zero-order valence-corrected chi connectivity index (χ0v) is 15.3. The molecule has 3 heteroatoms. The summed E-state index contributed by atoms with van der Waals surface area (Å²) >= 11 is 0. The normalized spacial score (nSPS) is 25.3. The van der Waals surface area contributed by atoms with Crippen LogP contribution in [0.25, 0.3) is 0 Å². The Hall–Kier alpha value is -1.64. The number of carbonyl (C=O) groups excluding carboxylic acids is 2. The maximum absolute atomic E-state index is 12.7. The van der Waals surface area contributed by atoms with E-state index in [9.17, 15) is 9.59 Å². The molecule has 0 radical (unpaired) electrons. The summed E-state index contributed by atoms with van der Waals surface area (Å²) in [6.07, 6.45) is 3.61. The second-order valence-corrected chi connectivity index (χ2v) is 7.49. The number of rotatable bonds is 6. The minimum absolute atomic E-state index is 0.0566.